The van der Waals surface area contributed by atoms with Crippen LogP contribution in [-0.2, 0) is 0 Å². The van der Waals surface area contributed by atoms with Crippen molar-refractivity contribution in [2.75, 3.05) is 7.11 Å². The molecule has 0 aliphatic carbocycles. The first-order valence-corrected chi connectivity index (χ1v) is 6.46. The first kappa shape index (κ1) is 12.8. The van der Waals surface area contributed by atoms with E-state index in [1.165, 1.54) is 11.3 Å². The van der Waals surface area contributed by atoms with Crippen LogP contribution in [0.4, 0.5) is 0 Å². The molecule has 4 heteroatoms. The van der Waals surface area contributed by atoms with Crippen LogP contribution >= 0.6 is 11.3 Å². The molecule has 2 aromatic rings. The van der Waals surface area contributed by atoms with Gasteiger partial charge in [-0.2, -0.15) is 0 Å². The molecule has 94 valence electrons. The number of ether oxygens (including phenoxy) is 1. The van der Waals surface area contributed by atoms with E-state index in [4.69, 9.17) is 4.74 Å². The molecule has 0 spiro atoms. The zero-order chi connectivity index (χ0) is 13.3. The van der Waals surface area contributed by atoms with Crippen LogP contribution < -0.4 is 4.74 Å². The van der Waals surface area contributed by atoms with Crippen molar-refractivity contribution in [1.82, 2.24) is 4.98 Å². The maximum absolute atomic E-state index is 10.9. The molecule has 0 unspecified atom stereocenters. The number of aromatic nitrogens is 1. The Morgan fingerprint density at radius 3 is 2.56 bits per heavy atom. The van der Waals surface area contributed by atoms with Crippen molar-refractivity contribution in [2.45, 2.75) is 20.8 Å². The van der Waals surface area contributed by atoms with E-state index in [2.05, 4.69) is 11.1 Å². The molecule has 0 radical (unpaired) electrons. The Hall–Kier alpha value is -1.68. The molecule has 0 saturated heterocycles. The van der Waals surface area contributed by atoms with E-state index in [9.17, 15) is 4.79 Å². The summed E-state index contributed by atoms with van der Waals surface area (Å²) >= 11 is 1.40. The highest BCUT2D eigenvalue weighted by Gasteiger charge is 2.15. The molecule has 3 nitrogen and oxygen atoms in total. The molecule has 0 atom stereocenters. The molecule has 0 amide bonds. The first-order chi connectivity index (χ1) is 8.56. The lowest BCUT2D eigenvalue weighted by molar-refractivity contribution is 0.112. The zero-order valence-corrected chi connectivity index (χ0v) is 11.7. The first-order valence-electron chi connectivity index (χ1n) is 5.65. The van der Waals surface area contributed by atoms with Gasteiger partial charge in [0.05, 0.1) is 23.2 Å². The van der Waals surface area contributed by atoms with E-state index < -0.39 is 0 Å². The third-order valence-electron chi connectivity index (χ3n) is 2.79. The number of benzene rings is 1. The summed E-state index contributed by atoms with van der Waals surface area (Å²) in [4.78, 5) is 16.0. The van der Waals surface area contributed by atoms with Gasteiger partial charge < -0.3 is 4.74 Å². The third kappa shape index (κ3) is 2.16. The molecule has 1 aromatic heterocycles. The van der Waals surface area contributed by atoms with Crippen molar-refractivity contribution in [1.29, 1.82) is 0 Å². The number of hydrogen-bond donors (Lipinski definition) is 0. The molecular weight excluding hydrogens is 246 g/mol. The van der Waals surface area contributed by atoms with Gasteiger partial charge in [-0.3, -0.25) is 4.79 Å². The minimum Gasteiger partial charge on any atom is -0.496 e. The van der Waals surface area contributed by atoms with Crippen molar-refractivity contribution in [3.05, 3.63) is 33.8 Å². The van der Waals surface area contributed by atoms with E-state index >= 15 is 0 Å². The fourth-order valence-electron chi connectivity index (χ4n) is 2.02. The number of carbonyl (C=O) groups excluding carboxylic acids is 1. The fourth-order valence-corrected chi connectivity index (χ4v) is 2.91. The van der Waals surface area contributed by atoms with Crippen molar-refractivity contribution >= 4 is 17.6 Å². The maximum atomic E-state index is 10.9. The van der Waals surface area contributed by atoms with Crippen molar-refractivity contribution in [3.8, 4) is 16.3 Å². The number of thiazole rings is 1. The van der Waals surface area contributed by atoms with Crippen LogP contribution in [0.2, 0.25) is 0 Å². The predicted molar refractivity (Wildman–Crippen MR) is 73.7 cm³/mol. The molecule has 18 heavy (non-hydrogen) atoms. The molecule has 2 rings (SSSR count). The highest BCUT2D eigenvalue weighted by Crippen LogP contribution is 2.36. The predicted octanol–water partition coefficient (Wildman–Crippen LogP) is 3.56. The van der Waals surface area contributed by atoms with Gasteiger partial charge in [0.2, 0.25) is 0 Å². The number of nitrogens with zero attached hydrogens (tertiary/aromatic N) is 1. The number of aryl methyl sites for hydroxylation is 3. The minimum atomic E-state index is 0.672. The van der Waals surface area contributed by atoms with Crippen LogP contribution in [-0.4, -0.2) is 18.4 Å². The van der Waals surface area contributed by atoms with Crippen molar-refractivity contribution in [2.24, 2.45) is 0 Å². The Balaban J connectivity index is 2.65. The van der Waals surface area contributed by atoms with E-state index in [1.54, 1.807) is 7.11 Å². The number of carbonyl (C=O) groups is 1. The van der Waals surface area contributed by atoms with Gasteiger partial charge in [0.25, 0.3) is 0 Å². The summed E-state index contributed by atoms with van der Waals surface area (Å²) in [6.07, 6.45) is 0.853. The van der Waals surface area contributed by atoms with Crippen LogP contribution in [0.15, 0.2) is 12.1 Å². The summed E-state index contributed by atoms with van der Waals surface area (Å²) in [5, 5.41) is 0.832. The second-order valence-electron chi connectivity index (χ2n) is 4.25. The lowest BCUT2D eigenvalue weighted by Crippen LogP contribution is -1.92. The normalized spacial score (nSPS) is 10.4. The van der Waals surface area contributed by atoms with Gasteiger partial charge in [0.15, 0.2) is 6.29 Å². The maximum Gasteiger partial charge on any atom is 0.161 e. The highest BCUT2D eigenvalue weighted by atomic mass is 32.1. The second-order valence-corrected chi connectivity index (χ2v) is 5.28. The lowest BCUT2D eigenvalue weighted by atomic mass is 10.1. The van der Waals surface area contributed by atoms with Gasteiger partial charge in [-0.1, -0.05) is 6.07 Å². The van der Waals surface area contributed by atoms with Gasteiger partial charge in [-0.05, 0) is 38.0 Å². The fraction of sp³-hybridized carbons (Fsp3) is 0.286. The Morgan fingerprint density at radius 1 is 1.28 bits per heavy atom. The Labute approximate surface area is 110 Å². The topological polar surface area (TPSA) is 39.2 Å². The Kier molecular flexibility index (Phi) is 3.48. The van der Waals surface area contributed by atoms with E-state index in [0.29, 0.717) is 4.88 Å². The smallest absolute Gasteiger partial charge is 0.161 e. The van der Waals surface area contributed by atoms with E-state index in [1.807, 2.05) is 26.8 Å². The molecule has 1 heterocycles. The Morgan fingerprint density at radius 2 is 2.00 bits per heavy atom. The SMILES string of the molecule is COc1c(C)cc(C)cc1-c1nc(C)c(C=O)s1. The van der Waals surface area contributed by atoms with Crippen LogP contribution in [0.5, 0.6) is 5.75 Å². The zero-order valence-electron chi connectivity index (χ0n) is 10.9. The molecule has 0 aliphatic heterocycles. The van der Waals surface area contributed by atoms with Gasteiger partial charge in [-0.15, -0.1) is 11.3 Å². The number of methoxy groups -OCH3 is 1. The monoisotopic (exact) mass is 261 g/mol. The molecular formula is C14H15NO2S. The van der Waals surface area contributed by atoms with Gasteiger partial charge in [0.1, 0.15) is 10.8 Å². The molecule has 0 bridgehead atoms. The lowest BCUT2D eigenvalue weighted by Gasteiger charge is -2.10. The van der Waals surface area contributed by atoms with Crippen molar-refractivity contribution < 1.29 is 9.53 Å². The minimum absolute atomic E-state index is 0.672. The summed E-state index contributed by atoms with van der Waals surface area (Å²) in [6.45, 7) is 5.90. The average Bonchev–Trinajstić information content (AvgIpc) is 2.69. The van der Waals surface area contributed by atoms with E-state index in [-0.39, 0.29) is 0 Å². The third-order valence-corrected chi connectivity index (χ3v) is 3.91. The van der Waals surface area contributed by atoms with Crippen molar-refractivity contribution in [3.63, 3.8) is 0 Å². The summed E-state index contributed by atoms with van der Waals surface area (Å²) < 4.78 is 5.45. The average molecular weight is 261 g/mol. The van der Waals surface area contributed by atoms with E-state index in [0.717, 1.165) is 39.4 Å². The van der Waals surface area contributed by atoms with Crippen LogP contribution in [0.25, 0.3) is 10.6 Å². The quantitative estimate of drug-likeness (QED) is 0.793. The highest BCUT2D eigenvalue weighted by molar-refractivity contribution is 7.16. The largest absolute Gasteiger partial charge is 0.496 e. The summed E-state index contributed by atoms with van der Waals surface area (Å²) in [5.41, 5.74) is 3.96. The summed E-state index contributed by atoms with van der Waals surface area (Å²) in [7, 11) is 1.66. The molecule has 1 aromatic carbocycles. The van der Waals surface area contributed by atoms with Crippen LogP contribution in [0.1, 0.15) is 26.5 Å². The molecule has 0 saturated carbocycles. The van der Waals surface area contributed by atoms with Gasteiger partial charge in [-0.25, -0.2) is 4.98 Å². The van der Waals surface area contributed by atoms with Crippen LogP contribution in [0, 0.1) is 20.8 Å². The van der Waals surface area contributed by atoms with Crippen LogP contribution in [0.3, 0.4) is 0 Å². The number of aldehydes is 1. The summed E-state index contributed by atoms with van der Waals surface area (Å²) in [5.74, 6) is 0.826. The van der Waals surface area contributed by atoms with Gasteiger partial charge in [0, 0.05) is 0 Å². The standard InChI is InChI=1S/C14H15NO2S/c1-8-5-9(2)13(17-4)11(6-8)14-15-10(3)12(7-16)18-14/h5-7H,1-4H3. The molecule has 0 fully saturated rings. The van der Waals surface area contributed by atoms with Gasteiger partial charge >= 0.3 is 0 Å². The second kappa shape index (κ2) is 4.90. The molecule has 0 N–H and O–H groups in total. The number of rotatable bonds is 3. The molecule has 0 aliphatic rings. The Bertz CT molecular complexity index is 602. The number of hydrogen-bond acceptors (Lipinski definition) is 4. The summed E-state index contributed by atoms with van der Waals surface area (Å²) in [6, 6.07) is 4.11.